The largest absolute Gasteiger partial charge is 0.478 e. The van der Waals surface area contributed by atoms with E-state index in [1.165, 1.54) is 5.56 Å². The summed E-state index contributed by atoms with van der Waals surface area (Å²) in [6.45, 7) is 5.87. The van der Waals surface area contributed by atoms with Crippen molar-refractivity contribution >= 4 is 23.1 Å². The summed E-state index contributed by atoms with van der Waals surface area (Å²) >= 11 is 0. The molecule has 1 aromatic heterocycles. The molecule has 1 heterocycles. The molecule has 0 radical (unpaired) electrons. The number of carbonyl (C=O) groups is 1. The van der Waals surface area contributed by atoms with Crippen molar-refractivity contribution in [3.63, 3.8) is 0 Å². The molecular formula is C23H28N4O3. The Morgan fingerprint density at radius 2 is 2.00 bits per heavy atom. The predicted molar refractivity (Wildman–Crippen MR) is 117 cm³/mol. The SMILES string of the molecule is Cc1c(/C=C/C(=O)O)ccc2c1nnn2CCCN(C)CCOCc1ccccc1. The van der Waals surface area contributed by atoms with Crippen molar-refractivity contribution in [3.05, 3.63) is 65.2 Å². The van der Waals surface area contributed by atoms with Gasteiger partial charge in [0.2, 0.25) is 0 Å². The zero-order valence-corrected chi connectivity index (χ0v) is 17.5. The zero-order chi connectivity index (χ0) is 21.3. The first-order valence-corrected chi connectivity index (χ1v) is 10.1. The van der Waals surface area contributed by atoms with Gasteiger partial charge in [-0.25, -0.2) is 9.48 Å². The normalized spacial score (nSPS) is 11.7. The Labute approximate surface area is 176 Å². The number of carboxylic acids is 1. The molecule has 7 heteroatoms. The maximum Gasteiger partial charge on any atom is 0.328 e. The lowest BCUT2D eigenvalue weighted by atomic mass is 10.1. The number of carboxylic acid groups (broad SMARTS) is 1. The summed E-state index contributed by atoms with van der Waals surface area (Å²) in [6.07, 6.45) is 3.68. The number of hydrogen-bond acceptors (Lipinski definition) is 5. The number of benzene rings is 2. The van der Waals surface area contributed by atoms with Gasteiger partial charge in [-0.05, 0) is 55.8 Å². The van der Waals surface area contributed by atoms with Crippen molar-refractivity contribution in [2.75, 3.05) is 26.7 Å². The number of aromatic nitrogens is 3. The maximum atomic E-state index is 10.7. The number of ether oxygens (including phenoxy) is 1. The minimum absolute atomic E-state index is 0.641. The molecular weight excluding hydrogens is 380 g/mol. The molecule has 0 aliphatic heterocycles. The average molecular weight is 409 g/mol. The van der Waals surface area contributed by atoms with Gasteiger partial charge in [0.25, 0.3) is 0 Å². The Hall–Kier alpha value is -3.03. The van der Waals surface area contributed by atoms with Gasteiger partial charge in [-0.15, -0.1) is 5.10 Å². The van der Waals surface area contributed by atoms with Crippen LogP contribution >= 0.6 is 0 Å². The van der Waals surface area contributed by atoms with E-state index in [4.69, 9.17) is 9.84 Å². The smallest absolute Gasteiger partial charge is 0.328 e. The first-order valence-electron chi connectivity index (χ1n) is 10.1. The van der Waals surface area contributed by atoms with E-state index < -0.39 is 5.97 Å². The average Bonchev–Trinajstić information content (AvgIpc) is 3.15. The van der Waals surface area contributed by atoms with Gasteiger partial charge >= 0.3 is 5.97 Å². The van der Waals surface area contributed by atoms with Crippen LogP contribution in [0.5, 0.6) is 0 Å². The lowest BCUT2D eigenvalue weighted by Gasteiger charge is -2.16. The lowest BCUT2D eigenvalue weighted by molar-refractivity contribution is -0.131. The van der Waals surface area contributed by atoms with Crippen LogP contribution in [0.4, 0.5) is 0 Å². The second kappa shape index (κ2) is 10.7. The third-order valence-corrected chi connectivity index (χ3v) is 5.03. The van der Waals surface area contributed by atoms with Gasteiger partial charge in [-0.1, -0.05) is 41.6 Å². The van der Waals surface area contributed by atoms with E-state index in [-0.39, 0.29) is 0 Å². The Bertz CT molecular complexity index is 998. The molecule has 0 bridgehead atoms. The number of rotatable bonds is 11. The highest BCUT2D eigenvalue weighted by Gasteiger charge is 2.10. The third-order valence-electron chi connectivity index (χ3n) is 5.03. The van der Waals surface area contributed by atoms with E-state index in [2.05, 4.69) is 34.4 Å². The molecule has 0 aliphatic carbocycles. The fraction of sp³-hybridized carbons (Fsp3) is 0.348. The van der Waals surface area contributed by atoms with E-state index in [1.807, 2.05) is 41.9 Å². The van der Waals surface area contributed by atoms with Crippen LogP contribution in [0, 0.1) is 6.92 Å². The molecule has 0 saturated heterocycles. The van der Waals surface area contributed by atoms with Crippen LogP contribution in [0.1, 0.15) is 23.1 Å². The topological polar surface area (TPSA) is 80.5 Å². The minimum Gasteiger partial charge on any atom is -0.478 e. The number of likely N-dealkylation sites (N-methyl/N-ethyl adjacent to an activating group) is 1. The maximum absolute atomic E-state index is 10.7. The molecule has 0 atom stereocenters. The highest BCUT2D eigenvalue weighted by atomic mass is 16.5. The molecule has 30 heavy (non-hydrogen) atoms. The molecule has 0 saturated carbocycles. The fourth-order valence-electron chi connectivity index (χ4n) is 3.28. The summed E-state index contributed by atoms with van der Waals surface area (Å²) in [5.74, 6) is -0.965. The molecule has 0 unspecified atom stereocenters. The first kappa shape index (κ1) is 21.7. The van der Waals surface area contributed by atoms with Gasteiger partial charge in [-0.2, -0.15) is 0 Å². The molecule has 0 fully saturated rings. The van der Waals surface area contributed by atoms with Crippen LogP contribution in [0.3, 0.4) is 0 Å². The summed E-state index contributed by atoms with van der Waals surface area (Å²) in [4.78, 5) is 13.0. The molecule has 158 valence electrons. The molecule has 3 aromatic rings. The summed E-state index contributed by atoms with van der Waals surface area (Å²) in [6, 6.07) is 14.0. The van der Waals surface area contributed by atoms with Crippen LogP contribution in [0.2, 0.25) is 0 Å². The van der Waals surface area contributed by atoms with E-state index in [0.717, 1.165) is 54.3 Å². The van der Waals surface area contributed by atoms with Crippen molar-refractivity contribution < 1.29 is 14.6 Å². The summed E-state index contributed by atoms with van der Waals surface area (Å²) < 4.78 is 7.66. The predicted octanol–water partition coefficient (Wildman–Crippen LogP) is 3.38. The van der Waals surface area contributed by atoms with Gasteiger partial charge in [0.15, 0.2) is 0 Å². The Morgan fingerprint density at radius 1 is 1.20 bits per heavy atom. The quantitative estimate of drug-likeness (QED) is 0.387. The third kappa shape index (κ3) is 5.98. The number of fused-ring (bicyclic) bond motifs is 1. The molecule has 0 spiro atoms. The second-order valence-corrected chi connectivity index (χ2v) is 7.33. The lowest BCUT2D eigenvalue weighted by Crippen LogP contribution is -2.25. The van der Waals surface area contributed by atoms with Crippen LogP contribution in [-0.4, -0.2) is 57.7 Å². The monoisotopic (exact) mass is 408 g/mol. The molecule has 7 nitrogen and oxygen atoms in total. The first-order chi connectivity index (χ1) is 14.5. The summed E-state index contributed by atoms with van der Waals surface area (Å²) in [5.41, 5.74) is 4.74. The van der Waals surface area contributed by atoms with E-state index in [1.54, 1.807) is 6.08 Å². The molecule has 2 aromatic carbocycles. The Kier molecular flexibility index (Phi) is 7.70. The van der Waals surface area contributed by atoms with Crippen LogP contribution < -0.4 is 0 Å². The van der Waals surface area contributed by atoms with Crippen molar-refractivity contribution in [2.45, 2.75) is 26.5 Å². The standard InChI is InChI=1S/C23H28N4O3/c1-18-20(10-12-22(28)29)9-11-21-23(18)24-25-27(21)14-6-13-26(2)15-16-30-17-19-7-4-3-5-8-19/h3-5,7-12H,6,13-17H2,1-2H3,(H,28,29)/b12-10+. The van der Waals surface area contributed by atoms with Crippen LogP contribution in [0.25, 0.3) is 17.1 Å². The van der Waals surface area contributed by atoms with Gasteiger partial charge in [0.05, 0.1) is 18.7 Å². The molecule has 0 aliphatic rings. The zero-order valence-electron chi connectivity index (χ0n) is 17.5. The van der Waals surface area contributed by atoms with Crippen LogP contribution in [-0.2, 0) is 22.7 Å². The van der Waals surface area contributed by atoms with Crippen molar-refractivity contribution in [3.8, 4) is 0 Å². The Morgan fingerprint density at radius 3 is 2.77 bits per heavy atom. The van der Waals surface area contributed by atoms with Gasteiger partial charge in [0, 0.05) is 19.2 Å². The minimum atomic E-state index is -0.965. The van der Waals surface area contributed by atoms with Crippen LogP contribution in [0.15, 0.2) is 48.5 Å². The van der Waals surface area contributed by atoms with Gasteiger partial charge in [-0.3, -0.25) is 0 Å². The second-order valence-electron chi connectivity index (χ2n) is 7.33. The molecule has 3 rings (SSSR count). The number of hydrogen-bond donors (Lipinski definition) is 1. The fourth-order valence-corrected chi connectivity index (χ4v) is 3.28. The Balaban J connectivity index is 1.45. The van der Waals surface area contributed by atoms with Gasteiger partial charge < -0.3 is 14.7 Å². The van der Waals surface area contributed by atoms with E-state index in [0.29, 0.717) is 13.2 Å². The van der Waals surface area contributed by atoms with Crippen molar-refractivity contribution in [1.82, 2.24) is 19.9 Å². The van der Waals surface area contributed by atoms with E-state index >= 15 is 0 Å². The number of aliphatic carboxylic acids is 1. The number of nitrogens with zero attached hydrogens (tertiary/aromatic N) is 4. The summed E-state index contributed by atoms with van der Waals surface area (Å²) in [5, 5.41) is 17.4. The highest BCUT2D eigenvalue weighted by molar-refractivity contribution is 5.88. The summed E-state index contributed by atoms with van der Waals surface area (Å²) in [7, 11) is 2.09. The number of aryl methyl sites for hydroxylation is 2. The molecule has 0 amide bonds. The molecule has 1 N–H and O–H groups in total. The van der Waals surface area contributed by atoms with E-state index in [9.17, 15) is 4.79 Å². The van der Waals surface area contributed by atoms with Crippen molar-refractivity contribution in [2.24, 2.45) is 0 Å². The highest BCUT2D eigenvalue weighted by Crippen LogP contribution is 2.21. The van der Waals surface area contributed by atoms with Gasteiger partial charge in [0.1, 0.15) is 5.52 Å². The van der Waals surface area contributed by atoms with Crippen molar-refractivity contribution in [1.29, 1.82) is 0 Å².